The lowest BCUT2D eigenvalue weighted by Crippen LogP contribution is -2.39. The first-order valence-electron chi connectivity index (χ1n) is 6.86. The summed E-state index contributed by atoms with van der Waals surface area (Å²) >= 11 is 3.29. The lowest BCUT2D eigenvalue weighted by molar-refractivity contribution is -0.124. The maximum absolute atomic E-state index is 11.8. The average Bonchev–Trinajstić information content (AvgIpc) is 2.47. The highest BCUT2D eigenvalue weighted by Gasteiger charge is 2.16. The number of rotatable bonds is 5. The van der Waals surface area contributed by atoms with Crippen molar-refractivity contribution in [2.45, 2.75) is 38.1 Å². The summed E-state index contributed by atoms with van der Waals surface area (Å²) in [6.45, 7) is -0.0566. The number of hydrogen-bond acceptors (Lipinski definition) is 3. The number of aldehydes is 1. The fourth-order valence-electron chi connectivity index (χ4n) is 2.40. The van der Waals surface area contributed by atoms with Crippen LogP contribution >= 0.6 is 15.9 Å². The van der Waals surface area contributed by atoms with Crippen LogP contribution in [-0.4, -0.2) is 24.8 Å². The van der Waals surface area contributed by atoms with E-state index in [1.165, 1.54) is 19.3 Å². The van der Waals surface area contributed by atoms with Crippen LogP contribution in [0.5, 0.6) is 5.75 Å². The van der Waals surface area contributed by atoms with Crippen molar-refractivity contribution in [3.8, 4) is 5.75 Å². The zero-order chi connectivity index (χ0) is 14.4. The molecule has 0 radical (unpaired) electrons. The van der Waals surface area contributed by atoms with Crippen LogP contribution in [0.15, 0.2) is 22.7 Å². The molecule has 1 aliphatic carbocycles. The van der Waals surface area contributed by atoms with Crippen molar-refractivity contribution in [3.63, 3.8) is 0 Å². The van der Waals surface area contributed by atoms with Crippen molar-refractivity contribution >= 4 is 28.1 Å². The molecule has 0 bridgehead atoms. The Kier molecular flexibility index (Phi) is 5.59. The van der Waals surface area contributed by atoms with E-state index in [0.717, 1.165) is 23.6 Å². The van der Waals surface area contributed by atoms with Crippen molar-refractivity contribution in [3.05, 3.63) is 28.2 Å². The fourth-order valence-corrected chi connectivity index (χ4v) is 2.78. The van der Waals surface area contributed by atoms with Gasteiger partial charge in [-0.15, -0.1) is 0 Å². The highest BCUT2D eigenvalue weighted by Crippen LogP contribution is 2.22. The predicted molar refractivity (Wildman–Crippen MR) is 80.0 cm³/mol. The number of nitrogens with one attached hydrogen (secondary N) is 1. The molecule has 1 saturated carbocycles. The second-order valence-corrected chi connectivity index (χ2v) is 5.91. The summed E-state index contributed by atoms with van der Waals surface area (Å²) in [4.78, 5) is 22.8. The van der Waals surface area contributed by atoms with Crippen molar-refractivity contribution < 1.29 is 14.3 Å². The minimum Gasteiger partial charge on any atom is -0.483 e. The highest BCUT2D eigenvalue weighted by molar-refractivity contribution is 9.10. The molecule has 0 spiro atoms. The zero-order valence-corrected chi connectivity index (χ0v) is 12.8. The van der Waals surface area contributed by atoms with E-state index in [0.29, 0.717) is 11.3 Å². The Morgan fingerprint density at radius 1 is 1.35 bits per heavy atom. The molecule has 1 aromatic rings. The Bertz CT molecular complexity index is 484. The molecule has 0 unspecified atom stereocenters. The molecule has 1 aromatic carbocycles. The standard InChI is InChI=1S/C15H18BrNO3/c16-12-6-7-14(11(8-12)9-18)20-10-15(19)17-13-4-2-1-3-5-13/h6-9,13H,1-5,10H2,(H,17,19). The molecular formula is C15H18BrNO3. The quantitative estimate of drug-likeness (QED) is 0.838. The molecule has 1 aliphatic rings. The van der Waals surface area contributed by atoms with Gasteiger partial charge in [-0.3, -0.25) is 9.59 Å². The molecule has 0 aromatic heterocycles. The molecule has 1 amide bonds. The van der Waals surface area contributed by atoms with Crippen LogP contribution in [0.1, 0.15) is 42.5 Å². The van der Waals surface area contributed by atoms with Crippen LogP contribution in [0.2, 0.25) is 0 Å². The fraction of sp³-hybridized carbons (Fsp3) is 0.467. The van der Waals surface area contributed by atoms with E-state index in [9.17, 15) is 9.59 Å². The highest BCUT2D eigenvalue weighted by atomic mass is 79.9. The second kappa shape index (κ2) is 7.43. The van der Waals surface area contributed by atoms with Crippen LogP contribution in [0.3, 0.4) is 0 Å². The van der Waals surface area contributed by atoms with Gasteiger partial charge in [0.25, 0.3) is 5.91 Å². The lowest BCUT2D eigenvalue weighted by Gasteiger charge is -2.22. The molecular weight excluding hydrogens is 322 g/mol. The first-order chi connectivity index (χ1) is 9.69. The number of carbonyl (C=O) groups is 2. The number of amides is 1. The van der Waals surface area contributed by atoms with Gasteiger partial charge in [0, 0.05) is 10.5 Å². The lowest BCUT2D eigenvalue weighted by atomic mass is 9.95. The van der Waals surface area contributed by atoms with E-state index < -0.39 is 0 Å². The number of carbonyl (C=O) groups excluding carboxylic acids is 2. The largest absolute Gasteiger partial charge is 0.483 e. The molecule has 4 nitrogen and oxygen atoms in total. The van der Waals surface area contributed by atoms with Gasteiger partial charge in [0.2, 0.25) is 0 Å². The molecule has 20 heavy (non-hydrogen) atoms. The molecule has 0 atom stereocenters. The summed E-state index contributed by atoms with van der Waals surface area (Å²) in [7, 11) is 0. The van der Waals surface area contributed by atoms with Crippen molar-refractivity contribution in [2.75, 3.05) is 6.61 Å². The molecule has 108 valence electrons. The third-order valence-electron chi connectivity index (χ3n) is 3.43. The molecule has 0 aliphatic heterocycles. The van der Waals surface area contributed by atoms with E-state index in [-0.39, 0.29) is 18.6 Å². The first-order valence-corrected chi connectivity index (χ1v) is 7.65. The van der Waals surface area contributed by atoms with Gasteiger partial charge in [-0.25, -0.2) is 0 Å². The van der Waals surface area contributed by atoms with Gasteiger partial charge >= 0.3 is 0 Å². The maximum atomic E-state index is 11.8. The maximum Gasteiger partial charge on any atom is 0.258 e. The monoisotopic (exact) mass is 339 g/mol. The molecule has 5 heteroatoms. The normalized spacial score (nSPS) is 15.7. The Morgan fingerprint density at radius 3 is 2.80 bits per heavy atom. The van der Waals surface area contributed by atoms with Crippen LogP contribution in [0.4, 0.5) is 0 Å². The third kappa shape index (κ3) is 4.34. The second-order valence-electron chi connectivity index (χ2n) is 4.99. The van der Waals surface area contributed by atoms with Gasteiger partial charge in [0.05, 0.1) is 5.56 Å². The molecule has 1 fully saturated rings. The third-order valence-corrected chi connectivity index (χ3v) is 3.92. The molecule has 2 rings (SSSR count). The van der Waals surface area contributed by atoms with Gasteiger partial charge in [-0.05, 0) is 31.0 Å². The summed E-state index contributed by atoms with van der Waals surface area (Å²) in [5, 5.41) is 2.98. The summed E-state index contributed by atoms with van der Waals surface area (Å²) in [5.74, 6) is 0.304. The van der Waals surface area contributed by atoms with E-state index in [1.54, 1.807) is 18.2 Å². The Balaban J connectivity index is 1.85. The number of benzene rings is 1. The van der Waals surface area contributed by atoms with Gasteiger partial charge in [0.15, 0.2) is 12.9 Å². The van der Waals surface area contributed by atoms with Crippen molar-refractivity contribution in [1.29, 1.82) is 0 Å². The predicted octanol–water partition coefficient (Wildman–Crippen LogP) is 3.09. The van der Waals surface area contributed by atoms with Crippen LogP contribution < -0.4 is 10.1 Å². The molecule has 0 heterocycles. The van der Waals surface area contributed by atoms with E-state index >= 15 is 0 Å². The van der Waals surface area contributed by atoms with Gasteiger partial charge in [-0.1, -0.05) is 35.2 Å². The first kappa shape index (κ1) is 15.0. The SMILES string of the molecule is O=Cc1cc(Br)ccc1OCC(=O)NC1CCCCC1. The molecule has 1 N–H and O–H groups in total. The van der Waals surface area contributed by atoms with E-state index in [1.807, 2.05) is 0 Å². The Morgan fingerprint density at radius 2 is 2.10 bits per heavy atom. The van der Waals surface area contributed by atoms with Crippen LogP contribution in [0, 0.1) is 0 Å². The number of ether oxygens (including phenoxy) is 1. The van der Waals surface area contributed by atoms with Crippen LogP contribution in [-0.2, 0) is 4.79 Å². The summed E-state index contributed by atoms with van der Waals surface area (Å²) in [5.41, 5.74) is 0.435. The Labute approximate surface area is 127 Å². The Hall–Kier alpha value is -1.36. The van der Waals surface area contributed by atoms with E-state index in [4.69, 9.17) is 4.74 Å². The van der Waals surface area contributed by atoms with Crippen molar-refractivity contribution in [1.82, 2.24) is 5.32 Å². The van der Waals surface area contributed by atoms with Crippen molar-refractivity contribution in [2.24, 2.45) is 0 Å². The van der Waals surface area contributed by atoms with Crippen LogP contribution in [0.25, 0.3) is 0 Å². The minimum absolute atomic E-state index is 0.0566. The smallest absolute Gasteiger partial charge is 0.258 e. The summed E-state index contributed by atoms with van der Waals surface area (Å²) in [6, 6.07) is 5.40. The van der Waals surface area contributed by atoms with Gasteiger partial charge in [0.1, 0.15) is 5.75 Å². The van der Waals surface area contributed by atoms with Gasteiger partial charge in [-0.2, -0.15) is 0 Å². The topological polar surface area (TPSA) is 55.4 Å². The number of hydrogen-bond donors (Lipinski definition) is 1. The number of halogens is 1. The average molecular weight is 340 g/mol. The molecule has 0 saturated heterocycles. The van der Waals surface area contributed by atoms with E-state index in [2.05, 4.69) is 21.2 Å². The summed E-state index contributed by atoms with van der Waals surface area (Å²) in [6.07, 6.45) is 6.42. The van der Waals surface area contributed by atoms with Gasteiger partial charge < -0.3 is 10.1 Å². The zero-order valence-electron chi connectivity index (χ0n) is 11.2. The minimum atomic E-state index is -0.128. The summed E-state index contributed by atoms with van der Waals surface area (Å²) < 4.78 is 6.23.